The van der Waals surface area contributed by atoms with E-state index in [1.54, 1.807) is 25.1 Å². The number of hydrogen-bond donors (Lipinski definition) is 0. The Kier molecular flexibility index (Phi) is 13.9. The minimum Gasteiger partial charge on any atom is -0.477 e. The molecular weight excluding hydrogens is 601 g/mol. The van der Waals surface area contributed by atoms with Crippen LogP contribution < -0.4 is 14.2 Å². The van der Waals surface area contributed by atoms with Crippen LogP contribution in [-0.4, -0.2) is 11.6 Å². The Morgan fingerprint density at radius 2 is 1.36 bits per heavy atom. The molecule has 0 aliphatic rings. The van der Waals surface area contributed by atoms with E-state index in [-0.39, 0.29) is 24.2 Å². The minimum absolute atomic E-state index is 0.0535. The molecule has 0 saturated carbocycles. The Labute approximate surface area is 274 Å². The van der Waals surface area contributed by atoms with Crippen molar-refractivity contribution in [3.8, 4) is 148 Å². The van der Waals surface area contributed by atoms with E-state index in [2.05, 4.69) is 100 Å². The predicted molar refractivity (Wildman–Crippen MR) is 179 cm³/mol. The zero-order valence-corrected chi connectivity index (χ0v) is 25.3. The first-order valence-electron chi connectivity index (χ1n) is 12.8. The zero-order valence-electron chi connectivity index (χ0n) is 23.8. The number of hydrogen-bond acceptors (Lipinski definition) is 4. The van der Waals surface area contributed by atoms with Crippen LogP contribution in [0.25, 0.3) is 22.4 Å². The smallest absolute Gasteiger partial charge is 0.231 e. The Morgan fingerprint density at radius 3 is 2.09 bits per heavy atom. The second-order valence-corrected chi connectivity index (χ2v) is 8.65. The molecule has 0 N–H and O–H groups in total. The average molecular weight is 620 g/mol. The lowest BCUT2D eigenvalue weighted by atomic mass is 9.93. The summed E-state index contributed by atoms with van der Waals surface area (Å²) in [5.74, 6) is 36.5. The van der Waals surface area contributed by atoms with E-state index in [0.29, 0.717) is 17.2 Å². The molecular formula is C39H19Cl2NO3. The summed E-state index contributed by atoms with van der Waals surface area (Å²) in [6, 6.07) is 14.7. The van der Waals surface area contributed by atoms with Crippen LogP contribution in [0.3, 0.4) is 0 Å². The Balaban J connectivity index is 1.96. The summed E-state index contributed by atoms with van der Waals surface area (Å²) >= 11 is 12.9. The van der Waals surface area contributed by atoms with Crippen molar-refractivity contribution >= 4 is 23.2 Å². The quantitative estimate of drug-likeness (QED) is 0.221. The monoisotopic (exact) mass is 619 g/mol. The Morgan fingerprint density at radius 1 is 0.689 bits per heavy atom. The van der Waals surface area contributed by atoms with Crippen molar-refractivity contribution in [3.05, 3.63) is 59.7 Å². The molecule has 3 rings (SSSR count). The normalized spacial score (nSPS) is 8.20. The topological polar surface area (TPSA) is 40.6 Å². The van der Waals surface area contributed by atoms with Crippen molar-refractivity contribution in [1.82, 2.24) is 4.98 Å². The molecule has 212 valence electrons. The molecule has 0 spiro atoms. The highest BCUT2D eigenvalue weighted by molar-refractivity contribution is 6.18. The van der Waals surface area contributed by atoms with E-state index in [0.717, 1.165) is 27.8 Å². The molecule has 0 aliphatic heterocycles. The van der Waals surface area contributed by atoms with Crippen molar-refractivity contribution in [2.45, 2.75) is 18.7 Å². The first kappa shape index (κ1) is 33.1. The molecule has 0 aliphatic carbocycles. The summed E-state index contributed by atoms with van der Waals surface area (Å²) in [5.41, 5.74) is 4.73. The number of aromatic nitrogens is 1. The van der Waals surface area contributed by atoms with Crippen molar-refractivity contribution in [2.24, 2.45) is 0 Å². The fourth-order valence-corrected chi connectivity index (χ4v) is 4.02. The molecule has 1 heterocycles. The van der Waals surface area contributed by atoms with Crippen LogP contribution in [0.5, 0.6) is 17.4 Å². The third-order valence-electron chi connectivity index (χ3n) is 5.38. The number of terminal acetylenes is 2. The van der Waals surface area contributed by atoms with Gasteiger partial charge in [0.15, 0.2) is 11.5 Å². The zero-order chi connectivity index (χ0) is 32.1. The predicted octanol–water partition coefficient (Wildman–Crippen LogP) is 6.25. The number of halogens is 2. The molecule has 0 atom stereocenters. The van der Waals surface area contributed by atoms with Gasteiger partial charge in [0.25, 0.3) is 0 Å². The van der Waals surface area contributed by atoms with E-state index >= 15 is 0 Å². The van der Waals surface area contributed by atoms with Crippen molar-refractivity contribution < 1.29 is 14.2 Å². The lowest BCUT2D eigenvalue weighted by Gasteiger charge is -2.16. The third kappa shape index (κ3) is 10.4. The van der Waals surface area contributed by atoms with Gasteiger partial charge in [-0.05, 0) is 107 Å². The Hall–Kier alpha value is -6.39. The van der Waals surface area contributed by atoms with Crippen molar-refractivity contribution in [3.63, 3.8) is 0 Å². The van der Waals surface area contributed by atoms with Crippen LogP contribution in [-0.2, 0) is 11.8 Å². The summed E-state index contributed by atoms with van der Waals surface area (Å²) < 4.78 is 16.9. The van der Waals surface area contributed by atoms with Crippen LogP contribution >= 0.6 is 23.2 Å². The van der Waals surface area contributed by atoms with Gasteiger partial charge in [-0.1, -0.05) is 18.1 Å². The first-order chi connectivity index (χ1) is 22.1. The summed E-state index contributed by atoms with van der Waals surface area (Å²) in [5, 5.41) is 0. The molecule has 0 bridgehead atoms. The lowest BCUT2D eigenvalue weighted by molar-refractivity contribution is 0.350. The van der Waals surface area contributed by atoms with Crippen LogP contribution in [0.2, 0.25) is 0 Å². The fourth-order valence-electron chi connectivity index (χ4n) is 3.58. The second-order valence-electron chi connectivity index (χ2n) is 8.12. The standard InChI is InChI=1S/C39H19Cl2NO3/c1-4-7-10-11-12-13-14-17-25-45-39-20-18-19-36(42-39)35-27-32(29-40)34(26-33(35)30-41)31-21-22-37(43-23-15-8-5-2)38(28-31)44-24-16-9-6-3/h1,3,18-22,26-28H,24,29-30H2,2H3. The fraction of sp³-hybridized carbons (Fsp3) is 0.103. The molecule has 0 radical (unpaired) electrons. The number of benzene rings is 2. The molecule has 2 aromatic carbocycles. The van der Waals surface area contributed by atoms with Crippen LogP contribution in [0.1, 0.15) is 18.1 Å². The molecule has 0 fully saturated rings. The van der Waals surface area contributed by atoms with Crippen LogP contribution in [0.4, 0.5) is 0 Å². The van der Waals surface area contributed by atoms with E-state index in [4.69, 9.17) is 50.3 Å². The van der Waals surface area contributed by atoms with E-state index in [9.17, 15) is 0 Å². The van der Waals surface area contributed by atoms with Gasteiger partial charge in [0.1, 0.15) is 18.8 Å². The maximum Gasteiger partial charge on any atom is 0.231 e. The molecule has 0 amide bonds. The highest BCUT2D eigenvalue weighted by Gasteiger charge is 2.16. The van der Waals surface area contributed by atoms with Gasteiger partial charge in [0, 0.05) is 53.0 Å². The van der Waals surface area contributed by atoms with Gasteiger partial charge in [-0.2, -0.15) is 0 Å². The van der Waals surface area contributed by atoms with Crippen LogP contribution in [0.15, 0.2) is 48.5 Å². The van der Waals surface area contributed by atoms with Gasteiger partial charge in [0.05, 0.1) is 5.69 Å². The summed E-state index contributed by atoms with van der Waals surface area (Å²) in [6.07, 6.45) is 15.3. The third-order valence-corrected chi connectivity index (χ3v) is 5.96. The van der Waals surface area contributed by atoms with Crippen LogP contribution in [0, 0.1) is 108 Å². The highest BCUT2D eigenvalue weighted by atomic mass is 35.5. The van der Waals surface area contributed by atoms with Crippen molar-refractivity contribution in [1.29, 1.82) is 0 Å². The summed E-state index contributed by atoms with van der Waals surface area (Å²) in [7, 11) is 0. The van der Waals surface area contributed by atoms with Gasteiger partial charge in [-0.3, -0.25) is 0 Å². The molecule has 1 aromatic heterocycles. The van der Waals surface area contributed by atoms with Gasteiger partial charge in [-0.25, -0.2) is 4.98 Å². The largest absolute Gasteiger partial charge is 0.477 e. The van der Waals surface area contributed by atoms with Gasteiger partial charge < -0.3 is 14.2 Å². The molecule has 0 saturated heterocycles. The van der Waals surface area contributed by atoms with E-state index < -0.39 is 0 Å². The number of pyridine rings is 1. The van der Waals surface area contributed by atoms with Gasteiger partial charge in [-0.15, -0.1) is 36.0 Å². The lowest BCUT2D eigenvalue weighted by Crippen LogP contribution is -1.99. The number of nitrogens with zero attached hydrogens (tertiary/aromatic N) is 1. The average Bonchev–Trinajstić information content (AvgIpc) is 3.07. The van der Waals surface area contributed by atoms with Gasteiger partial charge in [0.2, 0.25) is 5.88 Å². The number of alkyl halides is 2. The number of ether oxygens (including phenoxy) is 3. The second kappa shape index (κ2) is 18.9. The molecule has 45 heavy (non-hydrogen) atoms. The van der Waals surface area contributed by atoms with Crippen molar-refractivity contribution in [2.75, 3.05) is 6.61 Å². The molecule has 4 nitrogen and oxygen atoms in total. The first-order valence-corrected chi connectivity index (χ1v) is 13.9. The maximum atomic E-state index is 6.44. The molecule has 3 aromatic rings. The van der Waals surface area contributed by atoms with E-state index in [1.165, 1.54) is 0 Å². The summed E-state index contributed by atoms with van der Waals surface area (Å²) in [4.78, 5) is 4.59. The molecule has 0 unspecified atom stereocenters. The summed E-state index contributed by atoms with van der Waals surface area (Å²) in [6.45, 7) is 1.74. The number of rotatable bonds is 8. The Bertz CT molecular complexity index is 2120. The SMILES string of the molecule is C#CC#CC#CC#CC#COc1cccc(-c2cc(CCl)c(-c3ccc(OC#CC#CC)c(OCC#CC#C)c3)cc2CCl)n1. The molecule has 6 heteroatoms. The highest BCUT2D eigenvalue weighted by Crippen LogP contribution is 2.38. The van der Waals surface area contributed by atoms with Gasteiger partial charge >= 0.3 is 0 Å². The van der Waals surface area contributed by atoms with E-state index in [1.807, 2.05) is 30.3 Å². The minimum atomic E-state index is 0.0535. The maximum absolute atomic E-state index is 6.44.